The normalized spacial score (nSPS) is 11.0. The molecule has 0 bridgehead atoms. The van der Waals surface area contributed by atoms with Gasteiger partial charge in [-0.25, -0.2) is 4.98 Å². The van der Waals surface area contributed by atoms with E-state index in [2.05, 4.69) is 15.3 Å². The van der Waals surface area contributed by atoms with Crippen LogP contribution in [0.5, 0.6) is 0 Å². The maximum Gasteiger partial charge on any atom is 0.270 e. The summed E-state index contributed by atoms with van der Waals surface area (Å²) in [5.74, 6) is 0.548. The minimum absolute atomic E-state index is 0.00700. The number of fused-ring (bicyclic) bond motifs is 1. The van der Waals surface area contributed by atoms with E-state index < -0.39 is 4.92 Å². The fourth-order valence-corrected chi connectivity index (χ4v) is 2.40. The van der Waals surface area contributed by atoms with Gasteiger partial charge in [0.1, 0.15) is 5.82 Å². The number of imidazole rings is 1. The summed E-state index contributed by atoms with van der Waals surface area (Å²) in [4.78, 5) is 29.7. The molecule has 2 N–H and O–H groups in total. The summed E-state index contributed by atoms with van der Waals surface area (Å²) in [6.45, 7) is 0.442. The van der Waals surface area contributed by atoms with Gasteiger partial charge in [-0.15, -0.1) is 0 Å². The number of nitrogens with one attached hydrogen (secondary N) is 2. The maximum atomic E-state index is 11.8. The van der Waals surface area contributed by atoms with Crippen LogP contribution in [-0.2, 0) is 11.2 Å². The topological polar surface area (TPSA) is 101 Å². The van der Waals surface area contributed by atoms with Crippen LogP contribution >= 0.6 is 0 Å². The lowest BCUT2D eigenvalue weighted by Crippen LogP contribution is -2.23. The van der Waals surface area contributed by atoms with Crippen LogP contribution in [0.25, 0.3) is 17.1 Å². The third-order valence-corrected chi connectivity index (χ3v) is 3.61. The molecule has 0 aliphatic rings. The third kappa shape index (κ3) is 4.29. The molecule has 0 aliphatic heterocycles. The lowest BCUT2D eigenvalue weighted by atomic mass is 10.2. The smallest absolute Gasteiger partial charge is 0.270 e. The molecule has 25 heavy (non-hydrogen) atoms. The summed E-state index contributed by atoms with van der Waals surface area (Å²) in [6.07, 6.45) is 3.49. The quantitative estimate of drug-likeness (QED) is 0.410. The van der Waals surface area contributed by atoms with E-state index in [0.717, 1.165) is 16.9 Å². The number of hydrogen-bond acceptors (Lipinski definition) is 4. The average molecular weight is 336 g/mol. The first kappa shape index (κ1) is 16.4. The number of carbonyl (C=O) groups is 1. The summed E-state index contributed by atoms with van der Waals surface area (Å²) >= 11 is 0. The minimum Gasteiger partial charge on any atom is -0.352 e. The van der Waals surface area contributed by atoms with Crippen molar-refractivity contribution in [3.05, 3.63) is 76.1 Å². The van der Waals surface area contributed by atoms with Crippen LogP contribution in [0, 0.1) is 10.1 Å². The van der Waals surface area contributed by atoms with Gasteiger partial charge in [-0.2, -0.15) is 0 Å². The fourth-order valence-electron chi connectivity index (χ4n) is 2.40. The summed E-state index contributed by atoms with van der Waals surface area (Å²) in [5, 5.41) is 13.5. The summed E-state index contributed by atoms with van der Waals surface area (Å²) in [5.41, 5.74) is 2.46. The van der Waals surface area contributed by atoms with E-state index in [-0.39, 0.29) is 11.6 Å². The van der Waals surface area contributed by atoms with Crippen molar-refractivity contribution in [2.45, 2.75) is 6.42 Å². The van der Waals surface area contributed by atoms with Gasteiger partial charge in [0, 0.05) is 31.2 Å². The van der Waals surface area contributed by atoms with Gasteiger partial charge in [0.05, 0.1) is 16.0 Å². The molecule has 0 atom stereocenters. The monoisotopic (exact) mass is 336 g/mol. The second-order valence-electron chi connectivity index (χ2n) is 5.43. The number of aromatic amines is 1. The van der Waals surface area contributed by atoms with E-state index >= 15 is 0 Å². The van der Waals surface area contributed by atoms with Gasteiger partial charge in [0.25, 0.3) is 5.69 Å². The van der Waals surface area contributed by atoms with E-state index in [4.69, 9.17) is 0 Å². The molecule has 0 radical (unpaired) electrons. The van der Waals surface area contributed by atoms with Crippen molar-refractivity contribution >= 4 is 28.7 Å². The van der Waals surface area contributed by atoms with Gasteiger partial charge in [-0.3, -0.25) is 14.9 Å². The van der Waals surface area contributed by atoms with Crippen LogP contribution in [0.15, 0.2) is 54.6 Å². The zero-order valence-electron chi connectivity index (χ0n) is 13.3. The molecule has 3 rings (SSSR count). The number of hydrogen-bond donors (Lipinski definition) is 2. The van der Waals surface area contributed by atoms with Crippen LogP contribution in [0.3, 0.4) is 0 Å². The SMILES string of the molecule is O=C(C=Cc1cccc([N+](=O)[O-])c1)NCCc1nc2ccccc2[nH]1. The lowest BCUT2D eigenvalue weighted by molar-refractivity contribution is -0.384. The standard InChI is InChI=1S/C18H16N4O3/c23-18(9-8-13-4-3-5-14(12-13)22(24)25)19-11-10-17-20-15-6-1-2-7-16(15)21-17/h1-9,12H,10-11H2,(H,19,23)(H,20,21). The predicted molar refractivity (Wildman–Crippen MR) is 94.9 cm³/mol. The number of nitro benzene ring substituents is 1. The number of aromatic nitrogens is 2. The Morgan fingerprint density at radius 2 is 2.08 bits per heavy atom. The first-order valence-electron chi connectivity index (χ1n) is 7.76. The molecule has 7 nitrogen and oxygen atoms in total. The van der Waals surface area contributed by atoms with E-state index in [9.17, 15) is 14.9 Å². The number of nitrogens with zero attached hydrogens (tertiary/aromatic N) is 2. The number of amides is 1. The van der Waals surface area contributed by atoms with Crippen molar-refractivity contribution in [2.24, 2.45) is 0 Å². The number of para-hydroxylation sites is 2. The molecule has 1 heterocycles. The van der Waals surface area contributed by atoms with E-state index in [1.165, 1.54) is 18.2 Å². The molecule has 7 heteroatoms. The molecule has 0 spiro atoms. The van der Waals surface area contributed by atoms with Gasteiger partial charge in [-0.05, 0) is 23.8 Å². The average Bonchev–Trinajstić information content (AvgIpc) is 3.03. The summed E-state index contributed by atoms with van der Waals surface area (Å²) in [7, 11) is 0. The molecule has 0 aliphatic carbocycles. The van der Waals surface area contributed by atoms with Gasteiger partial charge in [-0.1, -0.05) is 24.3 Å². The molecule has 0 fully saturated rings. The van der Waals surface area contributed by atoms with Gasteiger partial charge in [0.2, 0.25) is 5.91 Å². The molecule has 126 valence electrons. The Morgan fingerprint density at radius 3 is 2.88 bits per heavy atom. The molecule has 1 amide bonds. The molecule has 0 saturated carbocycles. The largest absolute Gasteiger partial charge is 0.352 e. The van der Waals surface area contributed by atoms with Crippen LogP contribution < -0.4 is 5.32 Å². The Balaban J connectivity index is 1.52. The molecule has 2 aromatic carbocycles. The van der Waals surface area contributed by atoms with E-state index in [0.29, 0.717) is 18.5 Å². The van der Waals surface area contributed by atoms with Crippen LogP contribution in [0.1, 0.15) is 11.4 Å². The van der Waals surface area contributed by atoms with E-state index in [1.54, 1.807) is 18.2 Å². The molecule has 0 saturated heterocycles. The number of non-ortho nitro benzene ring substituents is 1. The number of carbonyl (C=O) groups excluding carboxylic acids is 1. The highest BCUT2D eigenvalue weighted by Gasteiger charge is 2.05. The summed E-state index contributed by atoms with van der Waals surface area (Å²) in [6, 6.07) is 13.8. The Morgan fingerprint density at radius 1 is 1.24 bits per heavy atom. The fraction of sp³-hybridized carbons (Fsp3) is 0.111. The minimum atomic E-state index is -0.468. The number of H-pyrrole nitrogens is 1. The van der Waals surface area contributed by atoms with Crippen LogP contribution in [-0.4, -0.2) is 27.3 Å². The molecule has 0 unspecified atom stereocenters. The lowest BCUT2D eigenvalue weighted by Gasteiger charge is -2.00. The Hall–Kier alpha value is -3.48. The van der Waals surface area contributed by atoms with E-state index in [1.807, 2.05) is 24.3 Å². The molecular formula is C18H16N4O3. The third-order valence-electron chi connectivity index (χ3n) is 3.61. The van der Waals surface area contributed by atoms with Crippen LogP contribution in [0.4, 0.5) is 5.69 Å². The maximum absolute atomic E-state index is 11.8. The highest BCUT2D eigenvalue weighted by molar-refractivity contribution is 5.91. The van der Waals surface area contributed by atoms with Crippen molar-refractivity contribution in [1.29, 1.82) is 0 Å². The summed E-state index contributed by atoms with van der Waals surface area (Å²) < 4.78 is 0. The van der Waals surface area contributed by atoms with Crippen molar-refractivity contribution in [3.63, 3.8) is 0 Å². The van der Waals surface area contributed by atoms with Crippen molar-refractivity contribution in [2.75, 3.05) is 6.54 Å². The predicted octanol–water partition coefficient (Wildman–Crippen LogP) is 2.84. The Bertz CT molecular complexity index is 913. The molecule has 1 aromatic heterocycles. The van der Waals surface area contributed by atoms with Crippen molar-refractivity contribution in [3.8, 4) is 0 Å². The van der Waals surface area contributed by atoms with Gasteiger partial charge >= 0.3 is 0 Å². The van der Waals surface area contributed by atoms with Crippen molar-refractivity contribution < 1.29 is 9.72 Å². The number of nitro groups is 1. The Kier molecular flexibility index (Phi) is 4.84. The van der Waals surface area contributed by atoms with Gasteiger partial charge < -0.3 is 10.3 Å². The highest BCUT2D eigenvalue weighted by Crippen LogP contribution is 2.14. The van der Waals surface area contributed by atoms with Crippen molar-refractivity contribution in [1.82, 2.24) is 15.3 Å². The van der Waals surface area contributed by atoms with Gasteiger partial charge in [0.15, 0.2) is 0 Å². The molecular weight excluding hydrogens is 320 g/mol. The highest BCUT2D eigenvalue weighted by atomic mass is 16.6. The first-order chi connectivity index (χ1) is 12.1. The van der Waals surface area contributed by atoms with Crippen LogP contribution in [0.2, 0.25) is 0 Å². The number of benzene rings is 2. The zero-order chi connectivity index (χ0) is 17.6. The molecule has 3 aromatic rings. The Labute approximate surface area is 143 Å². The second-order valence-corrected chi connectivity index (χ2v) is 5.43. The zero-order valence-corrected chi connectivity index (χ0v) is 13.3. The first-order valence-corrected chi connectivity index (χ1v) is 7.76. The number of rotatable bonds is 6. The second kappa shape index (κ2) is 7.39.